The molecule has 2 rings (SSSR count). The van der Waals surface area contributed by atoms with Gasteiger partial charge in [-0.25, -0.2) is 0 Å². The normalized spacial score (nSPS) is 32.9. The molecular formula is C13H20N2O4. The van der Waals surface area contributed by atoms with Gasteiger partial charge in [-0.05, 0) is 33.2 Å². The van der Waals surface area contributed by atoms with Gasteiger partial charge in [0.15, 0.2) is 0 Å². The summed E-state index contributed by atoms with van der Waals surface area (Å²) < 4.78 is 0. The molecule has 2 heterocycles. The van der Waals surface area contributed by atoms with Crippen molar-refractivity contribution < 1.29 is 19.5 Å². The van der Waals surface area contributed by atoms with Gasteiger partial charge >= 0.3 is 5.97 Å². The minimum absolute atomic E-state index is 0.153. The monoisotopic (exact) mass is 268 g/mol. The minimum atomic E-state index is -0.832. The molecule has 2 unspecified atom stereocenters. The molecule has 2 aliphatic rings. The molecule has 0 spiro atoms. The van der Waals surface area contributed by atoms with Gasteiger partial charge in [-0.1, -0.05) is 0 Å². The third-order valence-electron chi connectivity index (χ3n) is 4.22. The molecule has 2 amide bonds. The average Bonchev–Trinajstić information content (AvgIpc) is 2.64. The molecule has 0 radical (unpaired) electrons. The highest BCUT2D eigenvalue weighted by molar-refractivity contribution is 6.05. The van der Waals surface area contributed by atoms with E-state index in [4.69, 9.17) is 0 Å². The van der Waals surface area contributed by atoms with E-state index in [9.17, 15) is 19.5 Å². The highest BCUT2D eigenvalue weighted by Gasteiger charge is 2.46. The second-order valence-corrected chi connectivity index (χ2v) is 5.64. The van der Waals surface area contributed by atoms with Crippen LogP contribution in [0.5, 0.6) is 0 Å². The van der Waals surface area contributed by atoms with Crippen LogP contribution in [0.15, 0.2) is 0 Å². The quantitative estimate of drug-likeness (QED) is 0.746. The first-order valence-corrected chi connectivity index (χ1v) is 6.70. The SMILES string of the molecule is CCN1C(=O)CC(N2CCCC(C)(C(=O)O)C2)C1=O. The molecule has 0 bridgehead atoms. The van der Waals surface area contributed by atoms with Crippen molar-refractivity contribution in [2.45, 2.75) is 39.2 Å². The van der Waals surface area contributed by atoms with E-state index in [0.29, 0.717) is 26.1 Å². The van der Waals surface area contributed by atoms with Gasteiger partial charge in [0, 0.05) is 13.1 Å². The topological polar surface area (TPSA) is 77.9 Å². The Kier molecular flexibility index (Phi) is 3.62. The summed E-state index contributed by atoms with van der Waals surface area (Å²) in [5, 5.41) is 9.29. The number of rotatable bonds is 3. The molecule has 0 aliphatic carbocycles. The van der Waals surface area contributed by atoms with Crippen molar-refractivity contribution in [2.75, 3.05) is 19.6 Å². The van der Waals surface area contributed by atoms with Crippen molar-refractivity contribution in [1.82, 2.24) is 9.80 Å². The zero-order valence-corrected chi connectivity index (χ0v) is 11.4. The van der Waals surface area contributed by atoms with Gasteiger partial charge in [-0.15, -0.1) is 0 Å². The maximum atomic E-state index is 12.1. The highest BCUT2D eigenvalue weighted by Crippen LogP contribution is 2.32. The summed E-state index contributed by atoms with van der Waals surface area (Å²) >= 11 is 0. The van der Waals surface area contributed by atoms with Crippen LogP contribution >= 0.6 is 0 Å². The second kappa shape index (κ2) is 4.92. The fourth-order valence-electron chi connectivity index (χ4n) is 3.00. The zero-order valence-electron chi connectivity index (χ0n) is 11.4. The molecule has 0 aromatic heterocycles. The smallest absolute Gasteiger partial charge is 0.310 e. The van der Waals surface area contributed by atoms with E-state index in [0.717, 1.165) is 6.42 Å². The van der Waals surface area contributed by atoms with Gasteiger partial charge in [0.1, 0.15) is 0 Å². The van der Waals surface area contributed by atoms with Crippen LogP contribution in [-0.4, -0.2) is 58.4 Å². The number of amides is 2. The summed E-state index contributed by atoms with van der Waals surface area (Å²) in [5.41, 5.74) is -0.818. The molecule has 1 N–H and O–H groups in total. The van der Waals surface area contributed by atoms with Crippen molar-refractivity contribution in [1.29, 1.82) is 0 Å². The molecule has 6 heteroatoms. The van der Waals surface area contributed by atoms with Crippen molar-refractivity contribution in [3.8, 4) is 0 Å². The van der Waals surface area contributed by atoms with Crippen LogP contribution in [0.2, 0.25) is 0 Å². The number of carboxylic acids is 1. The Morgan fingerprint density at radius 2 is 2.16 bits per heavy atom. The molecule has 0 aromatic rings. The lowest BCUT2D eigenvalue weighted by molar-refractivity contribution is -0.153. The molecule has 0 saturated carbocycles. The van der Waals surface area contributed by atoms with Crippen molar-refractivity contribution in [2.24, 2.45) is 5.41 Å². The summed E-state index contributed by atoms with van der Waals surface area (Å²) in [7, 11) is 0. The summed E-state index contributed by atoms with van der Waals surface area (Å²) in [4.78, 5) is 38.3. The first-order chi connectivity index (χ1) is 8.89. The Hall–Kier alpha value is -1.43. The maximum absolute atomic E-state index is 12.1. The Bertz CT molecular complexity index is 423. The highest BCUT2D eigenvalue weighted by atomic mass is 16.4. The van der Waals surface area contributed by atoms with Crippen molar-refractivity contribution in [3.63, 3.8) is 0 Å². The molecule has 19 heavy (non-hydrogen) atoms. The number of nitrogens with zero attached hydrogens (tertiary/aromatic N) is 2. The van der Waals surface area contributed by atoms with Gasteiger partial charge in [-0.2, -0.15) is 0 Å². The van der Waals surface area contributed by atoms with Crippen LogP contribution in [0.1, 0.15) is 33.1 Å². The minimum Gasteiger partial charge on any atom is -0.481 e. The second-order valence-electron chi connectivity index (χ2n) is 5.64. The number of aliphatic carboxylic acids is 1. The van der Waals surface area contributed by atoms with E-state index in [-0.39, 0.29) is 18.2 Å². The lowest BCUT2D eigenvalue weighted by atomic mass is 9.81. The Balaban J connectivity index is 2.13. The zero-order chi connectivity index (χ0) is 14.2. The van der Waals surface area contributed by atoms with Gasteiger partial charge in [0.2, 0.25) is 11.8 Å². The van der Waals surface area contributed by atoms with Gasteiger partial charge in [0.05, 0.1) is 17.9 Å². The van der Waals surface area contributed by atoms with Crippen molar-refractivity contribution >= 4 is 17.8 Å². The Morgan fingerprint density at radius 3 is 2.68 bits per heavy atom. The predicted octanol–water partition coefficient (Wildman–Crippen LogP) is 0.320. The molecule has 2 aliphatic heterocycles. The molecule has 2 fully saturated rings. The largest absolute Gasteiger partial charge is 0.481 e. The van der Waals surface area contributed by atoms with Crippen LogP contribution in [0.3, 0.4) is 0 Å². The Labute approximate surface area is 112 Å². The van der Waals surface area contributed by atoms with Gasteiger partial charge in [-0.3, -0.25) is 24.2 Å². The third-order valence-corrected chi connectivity index (χ3v) is 4.22. The standard InChI is InChI=1S/C13H20N2O4/c1-3-15-10(16)7-9(11(15)17)14-6-4-5-13(2,8-14)12(18)19/h9H,3-8H2,1-2H3,(H,18,19). The average molecular weight is 268 g/mol. The first-order valence-electron chi connectivity index (χ1n) is 6.70. The first kappa shape index (κ1) is 14.0. The predicted molar refractivity (Wildman–Crippen MR) is 67.3 cm³/mol. The molecular weight excluding hydrogens is 248 g/mol. The molecule has 2 atom stereocenters. The number of carbonyl (C=O) groups is 3. The Morgan fingerprint density at radius 1 is 1.47 bits per heavy atom. The number of carboxylic acid groups (broad SMARTS) is 1. The summed E-state index contributed by atoms with van der Waals surface area (Å²) in [5.74, 6) is -1.16. The number of likely N-dealkylation sites (N-methyl/N-ethyl adjacent to an activating group) is 1. The van der Waals surface area contributed by atoms with E-state index in [1.165, 1.54) is 4.90 Å². The maximum Gasteiger partial charge on any atom is 0.310 e. The van der Waals surface area contributed by atoms with Crippen LogP contribution in [0.25, 0.3) is 0 Å². The van der Waals surface area contributed by atoms with Crippen molar-refractivity contribution in [3.05, 3.63) is 0 Å². The number of imide groups is 1. The number of likely N-dealkylation sites (tertiary alicyclic amines) is 2. The lowest BCUT2D eigenvalue weighted by Gasteiger charge is -2.39. The fraction of sp³-hybridized carbons (Fsp3) is 0.769. The van der Waals surface area contributed by atoms with Gasteiger partial charge in [0.25, 0.3) is 0 Å². The lowest BCUT2D eigenvalue weighted by Crippen LogP contribution is -2.52. The van der Waals surface area contributed by atoms with E-state index < -0.39 is 17.4 Å². The van der Waals surface area contributed by atoms with E-state index in [1.807, 2.05) is 4.90 Å². The van der Waals surface area contributed by atoms with Crippen LogP contribution < -0.4 is 0 Å². The fourth-order valence-corrected chi connectivity index (χ4v) is 3.00. The van der Waals surface area contributed by atoms with Crippen LogP contribution in [-0.2, 0) is 14.4 Å². The number of hydrogen-bond donors (Lipinski definition) is 1. The number of piperidine rings is 1. The van der Waals surface area contributed by atoms with E-state index >= 15 is 0 Å². The molecule has 2 saturated heterocycles. The molecule has 0 aromatic carbocycles. The van der Waals surface area contributed by atoms with E-state index in [1.54, 1.807) is 13.8 Å². The van der Waals surface area contributed by atoms with Crippen LogP contribution in [0, 0.1) is 5.41 Å². The summed E-state index contributed by atoms with van der Waals surface area (Å²) in [6, 6.07) is -0.466. The third kappa shape index (κ3) is 2.36. The molecule has 106 valence electrons. The van der Waals surface area contributed by atoms with Crippen LogP contribution in [0.4, 0.5) is 0 Å². The van der Waals surface area contributed by atoms with E-state index in [2.05, 4.69) is 0 Å². The van der Waals surface area contributed by atoms with Gasteiger partial charge < -0.3 is 5.11 Å². The molecule has 6 nitrogen and oxygen atoms in total. The number of carbonyl (C=O) groups excluding carboxylic acids is 2. The number of hydrogen-bond acceptors (Lipinski definition) is 4. The summed E-state index contributed by atoms with van der Waals surface area (Å²) in [6.07, 6.45) is 1.54. The summed E-state index contributed by atoms with van der Waals surface area (Å²) in [6.45, 7) is 4.89.